The highest BCUT2D eigenvalue weighted by molar-refractivity contribution is 5.45. The molecular formula is C12H18N6O2. The van der Waals surface area contributed by atoms with Crippen molar-refractivity contribution in [3.8, 4) is 0 Å². The lowest BCUT2D eigenvalue weighted by molar-refractivity contribution is -0.106. The molecule has 20 heavy (non-hydrogen) atoms. The minimum atomic E-state index is -0.251. The Morgan fingerprint density at radius 1 is 1.45 bits per heavy atom. The standard InChI is InChI=1S/C12H18N6O2/c1-12(2)8-17(6-9(20-12)7-19-3)11-5-4-10-13-15-16-18(10)14-11/h4-5,9H,6-8H2,1-3H3/t9-/m1/s1. The van der Waals surface area contributed by atoms with Crippen LogP contribution in [0.5, 0.6) is 0 Å². The zero-order chi connectivity index (χ0) is 14.2. The summed E-state index contributed by atoms with van der Waals surface area (Å²) in [5.41, 5.74) is 0.383. The van der Waals surface area contributed by atoms with Gasteiger partial charge in [0, 0.05) is 20.2 Å². The number of hydrogen-bond acceptors (Lipinski definition) is 7. The van der Waals surface area contributed by atoms with Gasteiger partial charge in [-0.2, -0.15) is 0 Å². The predicted octanol–water partition coefficient (Wildman–Crippen LogP) is 0.149. The molecule has 0 aliphatic carbocycles. The minimum Gasteiger partial charge on any atom is -0.382 e. The minimum absolute atomic E-state index is 0.0233. The maximum Gasteiger partial charge on any atom is 0.200 e. The second kappa shape index (κ2) is 4.95. The van der Waals surface area contributed by atoms with Crippen LogP contribution in [0, 0.1) is 0 Å². The van der Waals surface area contributed by atoms with E-state index in [0.29, 0.717) is 12.3 Å². The van der Waals surface area contributed by atoms with Crippen molar-refractivity contribution in [2.75, 3.05) is 31.7 Å². The third kappa shape index (κ3) is 2.56. The molecule has 8 heteroatoms. The van der Waals surface area contributed by atoms with E-state index < -0.39 is 0 Å². The fourth-order valence-corrected chi connectivity index (χ4v) is 2.55. The lowest BCUT2D eigenvalue weighted by Crippen LogP contribution is -2.54. The maximum absolute atomic E-state index is 6.00. The van der Waals surface area contributed by atoms with Crippen LogP contribution in [0.3, 0.4) is 0 Å². The molecule has 3 heterocycles. The van der Waals surface area contributed by atoms with E-state index in [1.807, 2.05) is 12.1 Å². The third-order valence-electron chi connectivity index (χ3n) is 3.21. The van der Waals surface area contributed by atoms with Crippen molar-refractivity contribution in [2.45, 2.75) is 25.6 Å². The number of tetrazole rings is 1. The summed E-state index contributed by atoms with van der Waals surface area (Å²) >= 11 is 0. The number of rotatable bonds is 3. The molecule has 3 rings (SSSR count). The molecule has 0 N–H and O–H groups in total. The molecule has 2 aromatic rings. The van der Waals surface area contributed by atoms with Crippen LogP contribution < -0.4 is 4.90 Å². The molecule has 0 saturated carbocycles. The molecule has 0 aromatic carbocycles. The molecular weight excluding hydrogens is 260 g/mol. The molecule has 108 valence electrons. The molecule has 0 radical (unpaired) electrons. The number of ether oxygens (including phenoxy) is 2. The first-order chi connectivity index (χ1) is 9.57. The fourth-order valence-electron chi connectivity index (χ4n) is 2.55. The van der Waals surface area contributed by atoms with E-state index in [9.17, 15) is 0 Å². The molecule has 1 fully saturated rings. The highest BCUT2D eigenvalue weighted by atomic mass is 16.5. The van der Waals surface area contributed by atoms with Gasteiger partial charge in [-0.15, -0.1) is 14.8 Å². The van der Waals surface area contributed by atoms with Gasteiger partial charge in [0.25, 0.3) is 0 Å². The smallest absolute Gasteiger partial charge is 0.200 e. The Labute approximate surface area is 116 Å². The van der Waals surface area contributed by atoms with Crippen LogP contribution in [0.25, 0.3) is 5.65 Å². The molecule has 0 amide bonds. The normalized spacial score (nSPS) is 22.4. The summed E-state index contributed by atoms with van der Waals surface area (Å²) in [4.78, 5) is 2.17. The molecule has 1 aliphatic heterocycles. The Balaban J connectivity index is 1.87. The van der Waals surface area contributed by atoms with Gasteiger partial charge in [-0.3, -0.25) is 0 Å². The quantitative estimate of drug-likeness (QED) is 0.790. The van der Waals surface area contributed by atoms with Crippen LogP contribution in [0.2, 0.25) is 0 Å². The molecule has 8 nitrogen and oxygen atoms in total. The second-order valence-electron chi connectivity index (χ2n) is 5.55. The van der Waals surface area contributed by atoms with Gasteiger partial charge >= 0.3 is 0 Å². The average Bonchev–Trinajstić information content (AvgIpc) is 2.84. The Kier molecular flexibility index (Phi) is 3.27. The van der Waals surface area contributed by atoms with E-state index in [1.165, 1.54) is 4.63 Å². The summed E-state index contributed by atoms with van der Waals surface area (Å²) in [6.07, 6.45) is 0.0233. The zero-order valence-electron chi connectivity index (χ0n) is 11.9. The first kappa shape index (κ1) is 13.2. The first-order valence-corrected chi connectivity index (χ1v) is 6.54. The highest BCUT2D eigenvalue weighted by Crippen LogP contribution is 2.24. The summed E-state index contributed by atoms with van der Waals surface area (Å²) in [7, 11) is 1.68. The van der Waals surface area contributed by atoms with Crippen LogP contribution >= 0.6 is 0 Å². The van der Waals surface area contributed by atoms with Gasteiger partial charge < -0.3 is 14.4 Å². The van der Waals surface area contributed by atoms with Crippen LogP contribution in [-0.2, 0) is 9.47 Å². The first-order valence-electron chi connectivity index (χ1n) is 6.54. The fraction of sp³-hybridized carbons (Fsp3) is 0.667. The molecule has 1 atom stereocenters. The van der Waals surface area contributed by atoms with Crippen molar-refractivity contribution in [3.05, 3.63) is 12.1 Å². The van der Waals surface area contributed by atoms with Gasteiger partial charge in [0.1, 0.15) is 0 Å². The summed E-state index contributed by atoms with van der Waals surface area (Å²) in [5, 5.41) is 15.7. The number of nitrogens with zero attached hydrogens (tertiary/aromatic N) is 6. The maximum atomic E-state index is 6.00. The number of hydrogen-bond donors (Lipinski definition) is 0. The van der Waals surface area contributed by atoms with Crippen LogP contribution in [-0.4, -0.2) is 63.8 Å². The Bertz CT molecular complexity index is 598. The average molecular weight is 278 g/mol. The molecule has 1 aliphatic rings. The van der Waals surface area contributed by atoms with Crippen molar-refractivity contribution >= 4 is 11.5 Å². The zero-order valence-corrected chi connectivity index (χ0v) is 11.9. The molecule has 0 unspecified atom stereocenters. The largest absolute Gasteiger partial charge is 0.382 e. The van der Waals surface area contributed by atoms with Gasteiger partial charge in [-0.25, -0.2) is 0 Å². The van der Waals surface area contributed by atoms with E-state index in [0.717, 1.165) is 18.9 Å². The van der Waals surface area contributed by atoms with Gasteiger partial charge in [0.2, 0.25) is 0 Å². The summed E-state index contributed by atoms with van der Waals surface area (Å²) in [6.45, 7) is 6.19. The summed E-state index contributed by atoms with van der Waals surface area (Å²) < 4.78 is 12.6. The SMILES string of the molecule is COC[C@H]1CN(c2ccc3nnnn3n2)CC(C)(C)O1. The van der Waals surface area contributed by atoms with E-state index in [1.54, 1.807) is 7.11 Å². The number of morpholine rings is 1. The predicted molar refractivity (Wildman–Crippen MR) is 71.6 cm³/mol. The van der Waals surface area contributed by atoms with Crippen molar-refractivity contribution in [3.63, 3.8) is 0 Å². The van der Waals surface area contributed by atoms with Gasteiger partial charge in [0.15, 0.2) is 11.5 Å². The highest BCUT2D eigenvalue weighted by Gasteiger charge is 2.34. The van der Waals surface area contributed by atoms with E-state index >= 15 is 0 Å². The van der Waals surface area contributed by atoms with Crippen molar-refractivity contribution in [2.24, 2.45) is 0 Å². The lowest BCUT2D eigenvalue weighted by atomic mass is 10.1. The van der Waals surface area contributed by atoms with Crippen LogP contribution in [0.1, 0.15) is 13.8 Å². The van der Waals surface area contributed by atoms with E-state index in [-0.39, 0.29) is 11.7 Å². The molecule has 1 saturated heterocycles. The van der Waals surface area contributed by atoms with Crippen LogP contribution in [0.4, 0.5) is 5.82 Å². The Morgan fingerprint density at radius 2 is 2.30 bits per heavy atom. The molecule has 0 bridgehead atoms. The van der Waals surface area contributed by atoms with Crippen molar-refractivity contribution in [1.29, 1.82) is 0 Å². The number of fused-ring (bicyclic) bond motifs is 1. The van der Waals surface area contributed by atoms with Crippen molar-refractivity contribution in [1.82, 2.24) is 25.3 Å². The summed E-state index contributed by atoms with van der Waals surface area (Å²) in [5.74, 6) is 0.835. The van der Waals surface area contributed by atoms with Gasteiger partial charge in [0.05, 0.1) is 18.3 Å². The van der Waals surface area contributed by atoms with Gasteiger partial charge in [-0.1, -0.05) is 0 Å². The Hall–Kier alpha value is -1.80. The number of aromatic nitrogens is 5. The van der Waals surface area contributed by atoms with E-state index in [2.05, 4.69) is 39.4 Å². The van der Waals surface area contributed by atoms with Gasteiger partial charge in [-0.05, 0) is 36.4 Å². The van der Waals surface area contributed by atoms with E-state index in [4.69, 9.17) is 9.47 Å². The van der Waals surface area contributed by atoms with Crippen molar-refractivity contribution < 1.29 is 9.47 Å². The second-order valence-corrected chi connectivity index (χ2v) is 5.55. The topological polar surface area (TPSA) is 77.7 Å². The Morgan fingerprint density at radius 3 is 3.10 bits per heavy atom. The lowest BCUT2D eigenvalue weighted by Gasteiger charge is -2.43. The third-order valence-corrected chi connectivity index (χ3v) is 3.21. The number of methoxy groups -OCH3 is 1. The molecule has 2 aromatic heterocycles. The number of anilines is 1. The monoisotopic (exact) mass is 278 g/mol. The summed E-state index contributed by atoms with van der Waals surface area (Å²) in [6, 6.07) is 3.78. The molecule has 0 spiro atoms. The van der Waals surface area contributed by atoms with Crippen LogP contribution in [0.15, 0.2) is 12.1 Å².